The van der Waals surface area contributed by atoms with Gasteiger partial charge in [-0.25, -0.2) is 0 Å². The second-order valence-corrected chi connectivity index (χ2v) is 6.53. The first-order valence-corrected chi connectivity index (χ1v) is 9.22. The Morgan fingerprint density at radius 2 is 0.826 bits per heavy atom. The topological polar surface area (TPSA) is 48.1 Å². The lowest BCUT2D eigenvalue weighted by molar-refractivity contribution is 0.560. The van der Waals surface area contributed by atoms with E-state index in [1.54, 1.807) is 0 Å². The van der Waals surface area contributed by atoms with Crippen molar-refractivity contribution in [1.82, 2.24) is 21.3 Å². The Labute approximate surface area is 144 Å². The minimum atomic E-state index is 0.995. The second kappa shape index (κ2) is 17.7. The van der Waals surface area contributed by atoms with Gasteiger partial charge in [0.2, 0.25) is 0 Å². The number of nitrogens with one attached hydrogen (secondary N) is 4. The SMILES string of the molecule is CC(C)=CCNCCCNCCCNCCCNCC=C(C)C. The average molecular weight is 325 g/mol. The molecular formula is C19H40N4. The molecule has 4 nitrogen and oxygen atoms in total. The van der Waals surface area contributed by atoms with Crippen LogP contribution in [0.2, 0.25) is 0 Å². The molecule has 0 heterocycles. The van der Waals surface area contributed by atoms with E-state index in [0.717, 1.165) is 52.4 Å². The van der Waals surface area contributed by atoms with Crippen LogP contribution in [0, 0.1) is 0 Å². The Hall–Kier alpha value is -0.680. The van der Waals surface area contributed by atoms with Crippen LogP contribution in [0.3, 0.4) is 0 Å². The van der Waals surface area contributed by atoms with Gasteiger partial charge >= 0.3 is 0 Å². The zero-order chi connectivity index (χ0) is 17.2. The van der Waals surface area contributed by atoms with Gasteiger partial charge in [-0.1, -0.05) is 23.3 Å². The van der Waals surface area contributed by atoms with E-state index in [9.17, 15) is 0 Å². The highest BCUT2D eigenvalue weighted by atomic mass is 14.9. The van der Waals surface area contributed by atoms with Crippen LogP contribution in [0.5, 0.6) is 0 Å². The normalized spacial score (nSPS) is 10.6. The van der Waals surface area contributed by atoms with Gasteiger partial charge in [0.05, 0.1) is 0 Å². The molecule has 0 aromatic rings. The van der Waals surface area contributed by atoms with E-state index in [1.807, 2.05) is 0 Å². The fraction of sp³-hybridized carbons (Fsp3) is 0.789. The van der Waals surface area contributed by atoms with Crippen molar-refractivity contribution < 1.29 is 0 Å². The molecular weight excluding hydrogens is 284 g/mol. The van der Waals surface area contributed by atoms with Gasteiger partial charge in [0.15, 0.2) is 0 Å². The van der Waals surface area contributed by atoms with E-state index in [4.69, 9.17) is 0 Å². The smallest absolute Gasteiger partial charge is 0.0137 e. The zero-order valence-electron chi connectivity index (χ0n) is 15.9. The Balaban J connectivity index is 3.05. The van der Waals surface area contributed by atoms with Crippen LogP contribution in [-0.4, -0.2) is 52.4 Å². The van der Waals surface area contributed by atoms with Crippen molar-refractivity contribution in [2.75, 3.05) is 52.4 Å². The predicted octanol–water partition coefficient (Wildman–Crippen LogP) is 2.45. The van der Waals surface area contributed by atoms with Crippen LogP contribution in [-0.2, 0) is 0 Å². The Morgan fingerprint density at radius 1 is 0.522 bits per heavy atom. The highest BCUT2D eigenvalue weighted by Crippen LogP contribution is 1.86. The summed E-state index contributed by atoms with van der Waals surface area (Å²) in [5, 5.41) is 13.8. The molecule has 0 aliphatic heterocycles. The zero-order valence-corrected chi connectivity index (χ0v) is 15.9. The molecule has 0 rings (SSSR count). The van der Waals surface area contributed by atoms with Crippen LogP contribution >= 0.6 is 0 Å². The van der Waals surface area contributed by atoms with Crippen LogP contribution < -0.4 is 21.3 Å². The quantitative estimate of drug-likeness (QED) is 0.260. The summed E-state index contributed by atoms with van der Waals surface area (Å²) in [7, 11) is 0. The van der Waals surface area contributed by atoms with Crippen molar-refractivity contribution >= 4 is 0 Å². The fourth-order valence-electron chi connectivity index (χ4n) is 2.02. The van der Waals surface area contributed by atoms with Crippen LogP contribution in [0.25, 0.3) is 0 Å². The third-order valence-corrected chi connectivity index (χ3v) is 3.43. The van der Waals surface area contributed by atoms with Crippen molar-refractivity contribution in [1.29, 1.82) is 0 Å². The van der Waals surface area contributed by atoms with Gasteiger partial charge in [-0.05, 0) is 86.2 Å². The lowest BCUT2D eigenvalue weighted by Crippen LogP contribution is -2.26. The molecule has 0 amide bonds. The molecule has 0 atom stereocenters. The summed E-state index contributed by atoms with van der Waals surface area (Å²) >= 11 is 0. The third kappa shape index (κ3) is 21.3. The van der Waals surface area contributed by atoms with Crippen molar-refractivity contribution in [3.63, 3.8) is 0 Å². The maximum absolute atomic E-state index is 3.50. The highest BCUT2D eigenvalue weighted by Gasteiger charge is 1.91. The van der Waals surface area contributed by atoms with Gasteiger partial charge in [0, 0.05) is 13.1 Å². The van der Waals surface area contributed by atoms with Crippen LogP contribution in [0.15, 0.2) is 23.3 Å². The first kappa shape index (κ1) is 22.3. The van der Waals surface area contributed by atoms with Gasteiger partial charge in [0.1, 0.15) is 0 Å². The summed E-state index contributed by atoms with van der Waals surface area (Å²) < 4.78 is 0. The summed E-state index contributed by atoms with van der Waals surface area (Å²) in [5.74, 6) is 0. The molecule has 136 valence electrons. The lowest BCUT2D eigenvalue weighted by atomic mass is 10.3. The Kier molecular flexibility index (Phi) is 17.1. The number of hydrogen-bond donors (Lipinski definition) is 4. The van der Waals surface area contributed by atoms with Crippen molar-refractivity contribution in [3.05, 3.63) is 23.3 Å². The first-order valence-electron chi connectivity index (χ1n) is 9.22. The minimum absolute atomic E-state index is 0.995. The summed E-state index contributed by atoms with van der Waals surface area (Å²) in [4.78, 5) is 0. The first-order chi connectivity index (χ1) is 11.1. The highest BCUT2D eigenvalue weighted by molar-refractivity contribution is 4.94. The molecule has 0 saturated carbocycles. The molecule has 0 aromatic heterocycles. The Bertz CT molecular complexity index is 272. The second-order valence-electron chi connectivity index (χ2n) is 6.53. The molecule has 4 heteroatoms. The van der Waals surface area contributed by atoms with E-state index in [-0.39, 0.29) is 0 Å². The van der Waals surface area contributed by atoms with E-state index < -0.39 is 0 Å². The van der Waals surface area contributed by atoms with Gasteiger partial charge in [0.25, 0.3) is 0 Å². The maximum Gasteiger partial charge on any atom is 0.0137 e. The minimum Gasteiger partial charge on any atom is -0.317 e. The molecule has 0 saturated heterocycles. The lowest BCUT2D eigenvalue weighted by Gasteiger charge is -2.07. The van der Waals surface area contributed by atoms with Crippen molar-refractivity contribution in [2.24, 2.45) is 0 Å². The van der Waals surface area contributed by atoms with E-state index in [0.29, 0.717) is 0 Å². The molecule has 0 radical (unpaired) electrons. The average Bonchev–Trinajstić information content (AvgIpc) is 2.49. The number of allylic oxidation sites excluding steroid dienone is 2. The monoisotopic (exact) mass is 324 g/mol. The molecule has 23 heavy (non-hydrogen) atoms. The molecule has 0 aliphatic carbocycles. The molecule has 0 aromatic carbocycles. The summed E-state index contributed by atoms with van der Waals surface area (Å²) in [5.41, 5.74) is 2.76. The van der Waals surface area contributed by atoms with E-state index >= 15 is 0 Å². The molecule has 4 N–H and O–H groups in total. The third-order valence-electron chi connectivity index (χ3n) is 3.43. The fourth-order valence-corrected chi connectivity index (χ4v) is 2.02. The molecule has 0 aliphatic rings. The van der Waals surface area contributed by atoms with E-state index in [1.165, 1.54) is 30.4 Å². The maximum atomic E-state index is 3.50. The van der Waals surface area contributed by atoms with Gasteiger partial charge in [-0.2, -0.15) is 0 Å². The van der Waals surface area contributed by atoms with Gasteiger partial charge < -0.3 is 21.3 Å². The van der Waals surface area contributed by atoms with Crippen molar-refractivity contribution in [2.45, 2.75) is 47.0 Å². The number of hydrogen-bond acceptors (Lipinski definition) is 4. The van der Waals surface area contributed by atoms with E-state index in [2.05, 4.69) is 61.1 Å². The summed E-state index contributed by atoms with van der Waals surface area (Å²) in [6, 6.07) is 0. The number of rotatable bonds is 16. The van der Waals surface area contributed by atoms with Gasteiger partial charge in [-0.15, -0.1) is 0 Å². The molecule has 0 fully saturated rings. The summed E-state index contributed by atoms with van der Waals surface area (Å²) in [6.45, 7) is 17.2. The van der Waals surface area contributed by atoms with Crippen LogP contribution in [0.1, 0.15) is 47.0 Å². The molecule has 0 bridgehead atoms. The molecule has 0 unspecified atom stereocenters. The largest absolute Gasteiger partial charge is 0.317 e. The predicted molar refractivity (Wildman–Crippen MR) is 104 cm³/mol. The van der Waals surface area contributed by atoms with Crippen molar-refractivity contribution in [3.8, 4) is 0 Å². The van der Waals surface area contributed by atoms with Crippen LogP contribution in [0.4, 0.5) is 0 Å². The standard InChI is InChI=1S/C19H40N4/c1-18(2)8-16-22-14-6-12-20-10-5-11-21-13-7-15-23-17-9-19(3)4/h8-9,20-23H,5-7,10-17H2,1-4H3. The van der Waals surface area contributed by atoms with Gasteiger partial charge in [-0.3, -0.25) is 0 Å². The Morgan fingerprint density at radius 3 is 1.13 bits per heavy atom. The summed E-state index contributed by atoms with van der Waals surface area (Å²) in [6.07, 6.45) is 8.06. The molecule has 0 spiro atoms.